The first-order valence-corrected chi connectivity index (χ1v) is 10.3. The molecule has 1 aromatic heterocycles. The van der Waals surface area contributed by atoms with Crippen molar-refractivity contribution in [1.82, 2.24) is 10.2 Å². The number of carbonyl (C=O) groups excluding carboxylic acids is 2. The molecule has 150 valence electrons. The topological polar surface area (TPSA) is 67.9 Å². The van der Waals surface area contributed by atoms with E-state index in [4.69, 9.17) is 9.47 Å². The normalized spacial score (nSPS) is 13.6. The maximum absolute atomic E-state index is 12.8. The average molecular weight is 410 g/mol. The summed E-state index contributed by atoms with van der Waals surface area (Å²) in [6.07, 6.45) is -0.323. The number of thiophene rings is 1. The summed E-state index contributed by atoms with van der Waals surface area (Å²) < 4.78 is 11.9. The van der Waals surface area contributed by atoms with Gasteiger partial charge in [0.15, 0.2) is 0 Å². The highest BCUT2D eigenvalue weighted by Gasteiger charge is 2.22. The molecule has 7 heteroatoms. The zero-order chi connectivity index (χ0) is 20.2. The molecule has 1 aliphatic heterocycles. The van der Waals surface area contributed by atoms with E-state index in [1.54, 1.807) is 16.2 Å². The number of amides is 2. The van der Waals surface area contributed by atoms with Crippen LogP contribution in [0.5, 0.6) is 5.75 Å². The highest BCUT2D eigenvalue weighted by molar-refractivity contribution is 7.19. The Bertz CT molecular complexity index is 1030. The standard InChI is InChI=1S/C22H22N2O4S/c1-15-20(21(25)23-9-10-24-11-12-27-22(24)26)18-13-17(7-8-19(18)29-15)28-14-16-5-3-2-4-6-16/h2-8,13H,9-12,14H2,1H3,(H,23,25). The maximum Gasteiger partial charge on any atom is 0.409 e. The predicted octanol–water partition coefficient (Wildman–Crippen LogP) is 3.97. The molecule has 1 saturated heterocycles. The minimum absolute atomic E-state index is 0.137. The third-order valence-electron chi connectivity index (χ3n) is 4.82. The molecule has 2 aromatic carbocycles. The minimum Gasteiger partial charge on any atom is -0.489 e. The van der Waals surface area contributed by atoms with E-state index in [0.717, 1.165) is 26.3 Å². The number of nitrogens with zero attached hydrogens (tertiary/aromatic N) is 1. The van der Waals surface area contributed by atoms with Crippen LogP contribution in [-0.4, -0.2) is 43.1 Å². The van der Waals surface area contributed by atoms with Gasteiger partial charge < -0.3 is 19.7 Å². The van der Waals surface area contributed by atoms with Gasteiger partial charge in [-0.05, 0) is 30.7 Å². The Balaban J connectivity index is 1.45. The molecule has 1 fully saturated rings. The van der Waals surface area contributed by atoms with Gasteiger partial charge in [0.1, 0.15) is 19.0 Å². The largest absolute Gasteiger partial charge is 0.489 e. The number of carbonyl (C=O) groups is 2. The van der Waals surface area contributed by atoms with E-state index in [9.17, 15) is 9.59 Å². The van der Waals surface area contributed by atoms with Crippen molar-refractivity contribution < 1.29 is 19.1 Å². The van der Waals surface area contributed by atoms with Gasteiger partial charge in [-0.25, -0.2) is 4.79 Å². The number of rotatable bonds is 7. The Kier molecular flexibility index (Phi) is 5.67. The van der Waals surface area contributed by atoms with Crippen LogP contribution in [0.2, 0.25) is 0 Å². The third-order valence-corrected chi connectivity index (χ3v) is 5.91. The van der Waals surface area contributed by atoms with Crippen molar-refractivity contribution in [3.63, 3.8) is 0 Å². The number of nitrogens with one attached hydrogen (secondary N) is 1. The fourth-order valence-corrected chi connectivity index (χ4v) is 4.38. The Morgan fingerprint density at radius 1 is 1.24 bits per heavy atom. The molecule has 0 spiro atoms. The molecule has 1 N–H and O–H groups in total. The molecule has 0 saturated carbocycles. The summed E-state index contributed by atoms with van der Waals surface area (Å²) >= 11 is 1.59. The monoisotopic (exact) mass is 410 g/mol. The van der Waals surface area contributed by atoms with Crippen LogP contribution >= 0.6 is 11.3 Å². The van der Waals surface area contributed by atoms with E-state index in [2.05, 4.69) is 5.32 Å². The quantitative estimate of drug-likeness (QED) is 0.640. The molecule has 1 aliphatic rings. The smallest absolute Gasteiger partial charge is 0.409 e. The van der Waals surface area contributed by atoms with Gasteiger partial charge >= 0.3 is 6.09 Å². The van der Waals surface area contributed by atoms with E-state index in [0.29, 0.717) is 38.4 Å². The van der Waals surface area contributed by atoms with E-state index >= 15 is 0 Å². The zero-order valence-electron chi connectivity index (χ0n) is 16.1. The molecule has 0 bridgehead atoms. The first kappa shape index (κ1) is 19.3. The van der Waals surface area contributed by atoms with Crippen molar-refractivity contribution in [3.05, 3.63) is 64.5 Å². The lowest BCUT2D eigenvalue weighted by Gasteiger charge is -2.13. The van der Waals surface area contributed by atoms with Gasteiger partial charge in [0.25, 0.3) is 5.91 Å². The van der Waals surface area contributed by atoms with E-state index in [1.165, 1.54) is 0 Å². The Morgan fingerprint density at radius 2 is 2.07 bits per heavy atom. The van der Waals surface area contributed by atoms with Crippen LogP contribution < -0.4 is 10.1 Å². The number of hydrogen-bond donors (Lipinski definition) is 1. The lowest BCUT2D eigenvalue weighted by molar-refractivity contribution is 0.0950. The van der Waals surface area contributed by atoms with Crippen LogP contribution in [0, 0.1) is 6.92 Å². The van der Waals surface area contributed by atoms with Gasteiger partial charge in [0.2, 0.25) is 0 Å². The summed E-state index contributed by atoms with van der Waals surface area (Å²) in [7, 11) is 0. The lowest BCUT2D eigenvalue weighted by Crippen LogP contribution is -2.35. The molecule has 6 nitrogen and oxygen atoms in total. The van der Waals surface area contributed by atoms with Crippen LogP contribution in [0.3, 0.4) is 0 Å². The van der Waals surface area contributed by atoms with Gasteiger partial charge in [-0.15, -0.1) is 11.3 Å². The summed E-state index contributed by atoms with van der Waals surface area (Å²) in [4.78, 5) is 26.8. The van der Waals surface area contributed by atoms with Crippen LogP contribution in [-0.2, 0) is 11.3 Å². The second-order valence-corrected chi connectivity index (χ2v) is 8.08. The second kappa shape index (κ2) is 8.53. The second-order valence-electron chi connectivity index (χ2n) is 6.82. The van der Waals surface area contributed by atoms with E-state index in [1.807, 2.05) is 55.5 Å². The van der Waals surface area contributed by atoms with Crippen LogP contribution in [0.15, 0.2) is 48.5 Å². The molecule has 3 aromatic rings. The van der Waals surface area contributed by atoms with Crippen molar-refractivity contribution in [2.75, 3.05) is 26.2 Å². The van der Waals surface area contributed by atoms with Crippen molar-refractivity contribution in [3.8, 4) is 5.75 Å². The summed E-state index contributed by atoms with van der Waals surface area (Å²) in [5, 5.41) is 3.81. The van der Waals surface area contributed by atoms with Crippen LogP contribution in [0.1, 0.15) is 20.8 Å². The fraction of sp³-hybridized carbons (Fsp3) is 0.273. The highest BCUT2D eigenvalue weighted by Crippen LogP contribution is 2.33. The fourth-order valence-electron chi connectivity index (χ4n) is 3.33. The number of ether oxygens (including phenoxy) is 2. The van der Waals surface area contributed by atoms with Gasteiger partial charge in [-0.3, -0.25) is 4.79 Å². The zero-order valence-corrected chi connectivity index (χ0v) is 17.0. The van der Waals surface area contributed by atoms with Gasteiger partial charge in [0.05, 0.1) is 12.1 Å². The number of cyclic esters (lactones) is 1. The minimum atomic E-state index is -0.323. The van der Waals surface area contributed by atoms with E-state index in [-0.39, 0.29) is 12.0 Å². The van der Waals surface area contributed by atoms with Gasteiger partial charge in [0, 0.05) is 28.1 Å². The Hall–Kier alpha value is -3.06. The average Bonchev–Trinajstić information content (AvgIpc) is 3.28. The van der Waals surface area contributed by atoms with Gasteiger partial charge in [-0.1, -0.05) is 30.3 Å². The molecular formula is C22H22N2O4S. The molecule has 0 unspecified atom stereocenters. The summed E-state index contributed by atoms with van der Waals surface area (Å²) in [5.41, 5.74) is 1.76. The predicted molar refractivity (Wildman–Crippen MR) is 113 cm³/mol. The first-order valence-electron chi connectivity index (χ1n) is 9.51. The Morgan fingerprint density at radius 3 is 2.83 bits per heavy atom. The van der Waals surface area contributed by atoms with Crippen molar-refractivity contribution in [2.45, 2.75) is 13.5 Å². The number of hydrogen-bond acceptors (Lipinski definition) is 5. The number of fused-ring (bicyclic) bond motifs is 1. The number of aryl methyl sites for hydroxylation is 1. The number of benzene rings is 2. The van der Waals surface area contributed by atoms with Crippen LogP contribution in [0.4, 0.5) is 4.79 Å². The molecule has 0 aliphatic carbocycles. The summed E-state index contributed by atoms with van der Waals surface area (Å²) in [5.74, 6) is 0.592. The van der Waals surface area contributed by atoms with E-state index < -0.39 is 0 Å². The molecule has 0 radical (unpaired) electrons. The summed E-state index contributed by atoms with van der Waals surface area (Å²) in [6, 6.07) is 15.8. The van der Waals surface area contributed by atoms with Crippen molar-refractivity contribution in [1.29, 1.82) is 0 Å². The van der Waals surface area contributed by atoms with Crippen LogP contribution in [0.25, 0.3) is 10.1 Å². The summed E-state index contributed by atoms with van der Waals surface area (Å²) in [6.45, 7) is 4.22. The molecule has 0 atom stereocenters. The maximum atomic E-state index is 12.8. The van der Waals surface area contributed by atoms with Gasteiger partial charge in [-0.2, -0.15) is 0 Å². The SMILES string of the molecule is Cc1sc2ccc(OCc3ccccc3)cc2c1C(=O)NCCN1CCOC1=O. The molecule has 4 rings (SSSR count). The van der Waals surface area contributed by atoms with Crippen molar-refractivity contribution >= 4 is 33.4 Å². The lowest BCUT2D eigenvalue weighted by atomic mass is 10.1. The Labute approximate surface area is 173 Å². The van der Waals surface area contributed by atoms with Crippen molar-refractivity contribution in [2.24, 2.45) is 0 Å². The molecule has 2 amide bonds. The third kappa shape index (κ3) is 4.35. The molecule has 2 heterocycles. The highest BCUT2D eigenvalue weighted by atomic mass is 32.1. The first-order chi connectivity index (χ1) is 14.1. The molecule has 29 heavy (non-hydrogen) atoms. The molecular weight excluding hydrogens is 388 g/mol.